The van der Waals surface area contributed by atoms with Crippen LogP contribution in [0.15, 0.2) is 69.0 Å². The largest absolute Gasteiger partial charge is 0.494 e. The number of amides is 2. The zero-order chi connectivity index (χ0) is 23.0. The van der Waals surface area contributed by atoms with Crippen molar-refractivity contribution in [3.8, 4) is 11.6 Å². The molecule has 2 amide bonds. The van der Waals surface area contributed by atoms with Gasteiger partial charge in [0.05, 0.1) is 5.69 Å². The van der Waals surface area contributed by atoms with E-state index in [1.54, 1.807) is 5.38 Å². The fourth-order valence-electron chi connectivity index (χ4n) is 3.02. The van der Waals surface area contributed by atoms with Crippen molar-refractivity contribution >= 4 is 55.5 Å². The molecule has 0 fully saturated rings. The van der Waals surface area contributed by atoms with E-state index in [-0.39, 0.29) is 21.0 Å². The monoisotopic (exact) mass is 493 g/mol. The van der Waals surface area contributed by atoms with Gasteiger partial charge in [-0.05, 0) is 53.2 Å². The lowest BCUT2D eigenvalue weighted by molar-refractivity contribution is 0.256. The maximum absolute atomic E-state index is 14.8. The van der Waals surface area contributed by atoms with Gasteiger partial charge in [0.1, 0.15) is 10.0 Å². The molecule has 0 bridgehead atoms. The highest BCUT2D eigenvalue weighted by Crippen LogP contribution is 2.29. The number of urea groups is 1. The van der Waals surface area contributed by atoms with Gasteiger partial charge in [0, 0.05) is 22.2 Å². The van der Waals surface area contributed by atoms with E-state index in [9.17, 15) is 27.5 Å². The minimum absolute atomic E-state index is 0.0541. The molecule has 0 spiro atoms. The summed E-state index contributed by atoms with van der Waals surface area (Å²) in [5, 5.41) is 15.3. The van der Waals surface area contributed by atoms with Gasteiger partial charge in [0.25, 0.3) is 15.6 Å². The van der Waals surface area contributed by atoms with Gasteiger partial charge in [0.15, 0.2) is 0 Å². The van der Waals surface area contributed by atoms with Crippen LogP contribution in [0, 0.1) is 5.82 Å². The van der Waals surface area contributed by atoms with Crippen molar-refractivity contribution in [3.63, 3.8) is 0 Å². The number of hydrogen-bond donors (Lipinski definition) is 3. The summed E-state index contributed by atoms with van der Waals surface area (Å²) >= 11 is 6.84. The summed E-state index contributed by atoms with van der Waals surface area (Å²) in [5.41, 5.74) is -1.02. The molecule has 2 aromatic heterocycles. The first kappa shape index (κ1) is 21.8. The second kappa shape index (κ2) is 8.26. The lowest BCUT2D eigenvalue weighted by Gasteiger charge is -2.13. The average Bonchev–Trinajstić information content (AvgIpc) is 3.24. The first-order chi connectivity index (χ1) is 15.2. The van der Waals surface area contributed by atoms with E-state index in [1.165, 1.54) is 48.5 Å². The zero-order valence-electron chi connectivity index (χ0n) is 15.9. The molecule has 0 aliphatic rings. The third-order valence-electron chi connectivity index (χ3n) is 4.40. The van der Waals surface area contributed by atoms with Crippen LogP contribution >= 0.6 is 22.9 Å². The number of carbonyl (C=O) groups is 1. The van der Waals surface area contributed by atoms with Crippen LogP contribution in [0.2, 0.25) is 5.02 Å². The highest BCUT2D eigenvalue weighted by atomic mass is 35.5. The molecular weight excluding hydrogens is 481 g/mol. The Balaban J connectivity index is 1.62. The fourth-order valence-corrected chi connectivity index (χ4v) is 5.10. The number of sulfonamides is 1. The first-order valence-electron chi connectivity index (χ1n) is 8.87. The van der Waals surface area contributed by atoms with Crippen molar-refractivity contribution in [1.82, 2.24) is 9.29 Å². The molecule has 4 rings (SSSR count). The number of fused-ring (bicyclic) bond motifs is 1. The molecule has 2 heterocycles. The lowest BCUT2D eigenvalue weighted by atomic mass is 10.1. The molecule has 2 aromatic carbocycles. The topological polar surface area (TPSA) is 118 Å². The van der Waals surface area contributed by atoms with Crippen LogP contribution in [-0.4, -0.2) is 24.1 Å². The van der Waals surface area contributed by atoms with E-state index in [4.69, 9.17) is 11.6 Å². The number of nitrogens with one attached hydrogen (secondary N) is 2. The van der Waals surface area contributed by atoms with E-state index in [1.807, 2.05) is 4.72 Å². The second-order valence-electron chi connectivity index (χ2n) is 6.53. The minimum Gasteiger partial charge on any atom is -0.494 e. The van der Waals surface area contributed by atoms with Gasteiger partial charge >= 0.3 is 6.03 Å². The predicted octanol–water partition coefficient (Wildman–Crippen LogP) is 4.06. The van der Waals surface area contributed by atoms with Crippen LogP contribution in [0.1, 0.15) is 0 Å². The van der Waals surface area contributed by atoms with Crippen molar-refractivity contribution in [1.29, 1.82) is 0 Å². The summed E-state index contributed by atoms with van der Waals surface area (Å²) in [6, 6.07) is 10.8. The maximum atomic E-state index is 14.8. The molecule has 0 atom stereocenters. The molecule has 0 aliphatic carbocycles. The number of benzene rings is 2. The van der Waals surface area contributed by atoms with Gasteiger partial charge in [-0.1, -0.05) is 17.7 Å². The van der Waals surface area contributed by atoms with E-state index < -0.39 is 33.3 Å². The van der Waals surface area contributed by atoms with Gasteiger partial charge in [-0.2, -0.15) is 0 Å². The number of halogens is 2. The van der Waals surface area contributed by atoms with E-state index in [2.05, 4.69) is 5.32 Å². The predicted molar refractivity (Wildman–Crippen MR) is 120 cm³/mol. The Kier molecular flexibility index (Phi) is 5.63. The molecule has 0 radical (unpaired) electrons. The van der Waals surface area contributed by atoms with Crippen molar-refractivity contribution in [2.24, 2.45) is 0 Å². The molecule has 0 unspecified atom stereocenters. The summed E-state index contributed by atoms with van der Waals surface area (Å²) in [5.74, 6) is -1.42. The molecule has 32 heavy (non-hydrogen) atoms. The Morgan fingerprint density at radius 3 is 2.59 bits per heavy atom. The lowest BCUT2D eigenvalue weighted by Crippen LogP contribution is -2.34. The van der Waals surface area contributed by atoms with Gasteiger partial charge in [0.2, 0.25) is 5.88 Å². The Bertz CT molecular complexity index is 1520. The van der Waals surface area contributed by atoms with Crippen molar-refractivity contribution in [2.75, 3.05) is 5.32 Å². The average molecular weight is 494 g/mol. The van der Waals surface area contributed by atoms with E-state index in [0.717, 1.165) is 22.0 Å². The molecular formula is C20H13ClFN3O5S2. The molecule has 3 N–H and O–H groups in total. The fraction of sp³-hybridized carbons (Fsp3) is 0. The van der Waals surface area contributed by atoms with Crippen LogP contribution < -0.4 is 15.6 Å². The molecule has 12 heteroatoms. The zero-order valence-corrected chi connectivity index (χ0v) is 18.3. The Morgan fingerprint density at radius 2 is 1.91 bits per heavy atom. The maximum Gasteiger partial charge on any atom is 0.333 e. The highest BCUT2D eigenvalue weighted by Gasteiger charge is 2.19. The van der Waals surface area contributed by atoms with E-state index >= 15 is 0 Å². The summed E-state index contributed by atoms with van der Waals surface area (Å²) < 4.78 is 41.5. The van der Waals surface area contributed by atoms with Crippen LogP contribution in [0.5, 0.6) is 5.88 Å². The van der Waals surface area contributed by atoms with Crippen molar-refractivity contribution < 1.29 is 22.7 Å². The Morgan fingerprint density at radius 1 is 1.12 bits per heavy atom. The van der Waals surface area contributed by atoms with Crippen LogP contribution in [0.3, 0.4) is 0 Å². The Hall–Kier alpha value is -3.41. The number of anilines is 1. The third-order valence-corrected chi connectivity index (χ3v) is 7.36. The number of rotatable bonds is 4. The van der Waals surface area contributed by atoms with Crippen LogP contribution in [0.25, 0.3) is 16.5 Å². The van der Waals surface area contributed by atoms with Crippen LogP contribution in [0.4, 0.5) is 14.9 Å². The van der Waals surface area contributed by atoms with Gasteiger partial charge in [-0.15, -0.1) is 11.3 Å². The van der Waals surface area contributed by atoms with Gasteiger partial charge in [-0.3, -0.25) is 4.79 Å². The molecule has 0 saturated carbocycles. The van der Waals surface area contributed by atoms with E-state index in [0.29, 0.717) is 10.4 Å². The molecule has 4 aromatic rings. The number of thiophene rings is 1. The summed E-state index contributed by atoms with van der Waals surface area (Å²) in [4.78, 5) is 24.5. The smallest absolute Gasteiger partial charge is 0.333 e. The van der Waals surface area contributed by atoms with Gasteiger partial charge in [-0.25, -0.2) is 26.9 Å². The van der Waals surface area contributed by atoms with Gasteiger partial charge < -0.3 is 10.4 Å². The molecule has 0 aliphatic heterocycles. The normalized spacial score (nSPS) is 11.4. The SMILES string of the molecule is O=C(Nc1ccc(-n2c(O)c3ccc(Cl)cc3cc2=O)c(F)c1)NS(=O)(=O)c1cccs1. The summed E-state index contributed by atoms with van der Waals surface area (Å²) in [6.45, 7) is 0. The molecule has 0 saturated heterocycles. The number of hydrogen-bond acceptors (Lipinski definition) is 6. The van der Waals surface area contributed by atoms with Crippen molar-refractivity contribution in [2.45, 2.75) is 4.21 Å². The number of carbonyl (C=O) groups excluding carboxylic acids is 1. The number of aromatic nitrogens is 1. The standard InChI is InChI=1S/C20H13ClFN3O5S2/c21-12-3-5-14-11(8-12)9-17(26)25(19(14)27)16-6-4-13(10-15(16)22)23-20(28)24-32(29,30)18-2-1-7-31-18/h1-10,27H,(H2,23,24,28). The quantitative estimate of drug-likeness (QED) is 0.396. The third kappa shape index (κ3) is 4.17. The molecule has 8 nitrogen and oxygen atoms in total. The number of nitrogens with zero attached hydrogens (tertiary/aromatic N) is 1. The minimum atomic E-state index is -4.06. The summed E-state index contributed by atoms with van der Waals surface area (Å²) in [6.07, 6.45) is 0. The number of aromatic hydroxyl groups is 1. The summed E-state index contributed by atoms with van der Waals surface area (Å²) in [7, 11) is -4.06. The first-order valence-corrected chi connectivity index (χ1v) is 11.6. The number of pyridine rings is 1. The Labute approximate surface area is 189 Å². The highest BCUT2D eigenvalue weighted by molar-refractivity contribution is 7.92. The van der Waals surface area contributed by atoms with Crippen molar-refractivity contribution in [3.05, 3.63) is 81.2 Å². The van der Waals surface area contributed by atoms with Crippen LogP contribution in [-0.2, 0) is 10.0 Å². The second-order valence-corrected chi connectivity index (χ2v) is 9.82. The molecule has 164 valence electrons.